The van der Waals surface area contributed by atoms with E-state index in [1.54, 1.807) is 4.90 Å². The standard InChI is InChI=1S/C16H21N3O2S/c1-16(2,3)21-15(20)19-9-8-11(10-19)17-14-12-6-4-5-7-13(12)22-18-14/h4-7,11H,8-10H2,1-3H3,(H,17,18)/t11-/m1/s1. The van der Waals surface area contributed by atoms with Crippen molar-refractivity contribution in [3.63, 3.8) is 0 Å². The lowest BCUT2D eigenvalue weighted by Crippen LogP contribution is -2.36. The second-order valence-corrected chi connectivity index (χ2v) is 7.39. The van der Waals surface area contributed by atoms with Gasteiger partial charge in [0.15, 0.2) is 0 Å². The maximum absolute atomic E-state index is 12.1. The predicted octanol–water partition coefficient (Wildman–Crippen LogP) is 3.72. The molecular weight excluding hydrogens is 298 g/mol. The first kappa shape index (κ1) is 15.1. The summed E-state index contributed by atoms with van der Waals surface area (Å²) in [7, 11) is 0. The van der Waals surface area contributed by atoms with Crippen LogP contribution in [0.2, 0.25) is 0 Å². The summed E-state index contributed by atoms with van der Waals surface area (Å²) in [5, 5.41) is 4.60. The topological polar surface area (TPSA) is 54.5 Å². The highest BCUT2D eigenvalue weighted by molar-refractivity contribution is 7.13. The Morgan fingerprint density at radius 1 is 1.41 bits per heavy atom. The monoisotopic (exact) mass is 319 g/mol. The van der Waals surface area contributed by atoms with Gasteiger partial charge < -0.3 is 15.0 Å². The summed E-state index contributed by atoms with van der Waals surface area (Å²) < 4.78 is 11.1. The van der Waals surface area contributed by atoms with Crippen LogP contribution in [0.15, 0.2) is 24.3 Å². The Hall–Kier alpha value is -1.82. The zero-order chi connectivity index (χ0) is 15.7. The van der Waals surface area contributed by atoms with Crippen molar-refractivity contribution in [3.8, 4) is 0 Å². The molecule has 2 aromatic rings. The molecule has 0 aliphatic carbocycles. The normalized spacial score (nSPS) is 18.7. The van der Waals surface area contributed by atoms with Crippen LogP contribution in [-0.2, 0) is 4.74 Å². The molecular formula is C16H21N3O2S. The number of fused-ring (bicyclic) bond motifs is 1. The van der Waals surface area contributed by atoms with Crippen LogP contribution in [0.1, 0.15) is 27.2 Å². The highest BCUT2D eigenvalue weighted by atomic mass is 32.1. The molecule has 1 fully saturated rings. The van der Waals surface area contributed by atoms with E-state index in [4.69, 9.17) is 4.74 Å². The van der Waals surface area contributed by atoms with E-state index in [-0.39, 0.29) is 12.1 Å². The van der Waals surface area contributed by atoms with Gasteiger partial charge in [0.25, 0.3) is 0 Å². The van der Waals surface area contributed by atoms with E-state index in [1.165, 1.54) is 16.2 Å². The number of ether oxygens (including phenoxy) is 1. The van der Waals surface area contributed by atoms with Gasteiger partial charge >= 0.3 is 6.09 Å². The number of rotatable bonds is 2. The average molecular weight is 319 g/mol. The molecule has 1 aliphatic rings. The Bertz CT molecular complexity index is 677. The zero-order valence-corrected chi connectivity index (χ0v) is 13.9. The van der Waals surface area contributed by atoms with Gasteiger partial charge in [-0.15, -0.1) is 0 Å². The summed E-state index contributed by atoms with van der Waals surface area (Å²) in [4.78, 5) is 13.8. The Balaban J connectivity index is 1.63. The van der Waals surface area contributed by atoms with Crippen LogP contribution in [0.4, 0.5) is 10.6 Å². The molecule has 2 heterocycles. The number of carbonyl (C=O) groups excluding carboxylic acids is 1. The van der Waals surface area contributed by atoms with Gasteiger partial charge in [0.05, 0.1) is 4.70 Å². The summed E-state index contributed by atoms with van der Waals surface area (Å²) in [5.41, 5.74) is -0.451. The van der Waals surface area contributed by atoms with Crippen LogP contribution in [0.3, 0.4) is 0 Å². The molecule has 5 nitrogen and oxygen atoms in total. The van der Waals surface area contributed by atoms with Crippen molar-refractivity contribution in [2.24, 2.45) is 0 Å². The summed E-state index contributed by atoms with van der Waals surface area (Å²) in [6.45, 7) is 7.03. The van der Waals surface area contributed by atoms with E-state index < -0.39 is 5.60 Å². The maximum Gasteiger partial charge on any atom is 0.410 e. The molecule has 1 aliphatic heterocycles. The van der Waals surface area contributed by atoms with Crippen molar-refractivity contribution in [3.05, 3.63) is 24.3 Å². The summed E-state index contributed by atoms with van der Waals surface area (Å²) >= 11 is 1.49. The highest BCUT2D eigenvalue weighted by Gasteiger charge is 2.30. The number of likely N-dealkylation sites (tertiary alicyclic amines) is 1. The van der Waals surface area contributed by atoms with Gasteiger partial charge in [-0.3, -0.25) is 0 Å². The SMILES string of the molecule is CC(C)(C)OC(=O)N1CC[C@@H](Nc2nsc3ccccc23)C1. The Morgan fingerprint density at radius 3 is 2.95 bits per heavy atom. The minimum atomic E-state index is -0.451. The van der Waals surface area contributed by atoms with Crippen molar-refractivity contribution < 1.29 is 9.53 Å². The number of hydrogen-bond donors (Lipinski definition) is 1. The minimum absolute atomic E-state index is 0.220. The van der Waals surface area contributed by atoms with Crippen LogP contribution in [0, 0.1) is 0 Å². The molecule has 1 N–H and O–H groups in total. The smallest absolute Gasteiger partial charge is 0.410 e. The third-order valence-electron chi connectivity index (χ3n) is 3.56. The minimum Gasteiger partial charge on any atom is -0.444 e. The van der Waals surface area contributed by atoms with Crippen LogP contribution in [-0.4, -0.2) is 40.1 Å². The van der Waals surface area contributed by atoms with Gasteiger partial charge in [0.2, 0.25) is 0 Å². The molecule has 0 spiro atoms. The molecule has 1 atom stereocenters. The molecule has 22 heavy (non-hydrogen) atoms. The summed E-state index contributed by atoms with van der Waals surface area (Å²) in [6, 6.07) is 8.40. The largest absolute Gasteiger partial charge is 0.444 e. The van der Waals surface area contributed by atoms with Gasteiger partial charge in [0, 0.05) is 24.5 Å². The van der Waals surface area contributed by atoms with Crippen LogP contribution >= 0.6 is 11.5 Å². The molecule has 0 bridgehead atoms. The molecule has 6 heteroatoms. The second kappa shape index (κ2) is 5.76. The number of hydrogen-bond acceptors (Lipinski definition) is 5. The average Bonchev–Trinajstić information content (AvgIpc) is 3.05. The lowest BCUT2D eigenvalue weighted by atomic mass is 10.2. The van der Waals surface area contributed by atoms with E-state index in [0.717, 1.165) is 17.6 Å². The van der Waals surface area contributed by atoms with Crippen LogP contribution < -0.4 is 5.32 Å². The summed E-state index contributed by atoms with van der Waals surface area (Å²) in [6.07, 6.45) is 0.672. The van der Waals surface area contributed by atoms with E-state index in [9.17, 15) is 4.79 Å². The van der Waals surface area contributed by atoms with Gasteiger partial charge in [-0.25, -0.2) is 4.79 Å². The van der Waals surface area contributed by atoms with Gasteiger partial charge in [-0.05, 0) is 50.9 Å². The molecule has 0 saturated carbocycles. The fourth-order valence-electron chi connectivity index (χ4n) is 2.55. The number of amides is 1. The van der Waals surface area contributed by atoms with Gasteiger partial charge in [0.1, 0.15) is 11.4 Å². The maximum atomic E-state index is 12.1. The second-order valence-electron chi connectivity index (χ2n) is 6.58. The summed E-state index contributed by atoms with van der Waals surface area (Å²) in [5.74, 6) is 0.914. The number of aromatic nitrogens is 1. The lowest BCUT2D eigenvalue weighted by Gasteiger charge is -2.24. The molecule has 0 unspecified atom stereocenters. The predicted molar refractivity (Wildman–Crippen MR) is 89.5 cm³/mol. The van der Waals surface area contributed by atoms with E-state index in [1.807, 2.05) is 32.9 Å². The molecule has 1 aromatic heterocycles. The van der Waals surface area contributed by atoms with Crippen LogP contribution in [0.5, 0.6) is 0 Å². The van der Waals surface area contributed by atoms with Gasteiger partial charge in [-0.2, -0.15) is 4.37 Å². The number of nitrogens with zero attached hydrogens (tertiary/aromatic N) is 2. The number of nitrogens with one attached hydrogen (secondary N) is 1. The Kier molecular flexibility index (Phi) is 3.95. The van der Waals surface area contributed by atoms with Crippen LogP contribution in [0.25, 0.3) is 10.1 Å². The fraction of sp³-hybridized carbons (Fsp3) is 0.500. The van der Waals surface area contributed by atoms with Crippen molar-refractivity contribution >= 4 is 33.5 Å². The quantitative estimate of drug-likeness (QED) is 0.916. The van der Waals surface area contributed by atoms with Crippen molar-refractivity contribution in [1.29, 1.82) is 0 Å². The van der Waals surface area contributed by atoms with E-state index >= 15 is 0 Å². The third kappa shape index (κ3) is 3.32. The first-order valence-corrected chi connectivity index (χ1v) is 8.28. The molecule has 118 valence electrons. The zero-order valence-electron chi connectivity index (χ0n) is 13.1. The molecule has 1 amide bonds. The number of anilines is 1. The van der Waals surface area contributed by atoms with E-state index in [0.29, 0.717) is 13.1 Å². The third-order valence-corrected chi connectivity index (χ3v) is 4.38. The Morgan fingerprint density at radius 2 is 2.18 bits per heavy atom. The van der Waals surface area contributed by atoms with Crippen molar-refractivity contribution in [1.82, 2.24) is 9.27 Å². The van der Waals surface area contributed by atoms with Gasteiger partial charge in [-0.1, -0.05) is 12.1 Å². The molecule has 1 saturated heterocycles. The molecule has 3 rings (SSSR count). The van der Waals surface area contributed by atoms with Crippen molar-refractivity contribution in [2.75, 3.05) is 18.4 Å². The van der Waals surface area contributed by atoms with E-state index in [2.05, 4.69) is 21.8 Å². The number of benzene rings is 1. The molecule has 1 aromatic carbocycles. The highest BCUT2D eigenvalue weighted by Crippen LogP contribution is 2.28. The lowest BCUT2D eigenvalue weighted by molar-refractivity contribution is 0.0293. The fourth-order valence-corrected chi connectivity index (χ4v) is 3.30. The molecule has 0 radical (unpaired) electrons. The number of carbonyl (C=O) groups is 1. The first-order chi connectivity index (χ1) is 10.4. The first-order valence-electron chi connectivity index (χ1n) is 7.51. The van der Waals surface area contributed by atoms with Crippen molar-refractivity contribution in [2.45, 2.75) is 38.8 Å². The Labute approximate surface area is 134 Å².